The van der Waals surface area contributed by atoms with Crippen molar-refractivity contribution in [1.29, 1.82) is 0 Å². The van der Waals surface area contributed by atoms with E-state index < -0.39 is 183 Å². The fourth-order valence-corrected chi connectivity index (χ4v) is 8.01. The van der Waals surface area contributed by atoms with E-state index in [1.54, 1.807) is 0 Å². The SMILES string of the molecule is O=C1OC(C(O)[C@@]2(O)O[C@H](CO)[C@H](O)[C@H](O)[C@H]2O)([C@@]2(O)O[C@H](CO)[C@H](O)[C@H](O)[C@H]2O)C(=O)OC1(C(O)[C@@]1(O)O[C@H](CO)[C@H](O)[C@H](O)[C@H]1O)[C@@]1(O)O[C@H](CO)[C@H](O)[C@H](O)[C@H]1O. The number of carbonyl (C=O) groups is 2. The summed E-state index contributed by atoms with van der Waals surface area (Å²) in [5.74, 6) is -23.6. The summed E-state index contributed by atoms with van der Waals surface area (Å²) in [7, 11) is 0. The molecule has 5 aliphatic rings. The molecule has 0 spiro atoms. The van der Waals surface area contributed by atoms with Crippen LogP contribution in [0.25, 0.3) is 0 Å². The molecule has 22 N–H and O–H groups in total. The third-order valence-corrected chi connectivity index (χ3v) is 11.7. The third kappa shape index (κ3) is 6.43. The summed E-state index contributed by atoms with van der Waals surface area (Å²) in [6.45, 7) is -5.94. The van der Waals surface area contributed by atoms with Gasteiger partial charge in [0.2, 0.25) is 11.6 Å². The first kappa shape index (κ1) is 48.9. The monoisotopic (exact) mass is 888 g/mol. The second kappa shape index (κ2) is 16.5. The molecule has 0 aromatic heterocycles. The summed E-state index contributed by atoms with van der Waals surface area (Å²) in [5.41, 5.74) is -9.61. The van der Waals surface area contributed by atoms with E-state index in [9.17, 15) is 122 Å². The van der Waals surface area contributed by atoms with Gasteiger partial charge in [-0.1, -0.05) is 0 Å². The van der Waals surface area contributed by atoms with Crippen LogP contribution in [0.4, 0.5) is 0 Å². The van der Waals surface area contributed by atoms with Crippen molar-refractivity contribution in [1.82, 2.24) is 0 Å². The number of aliphatic hydroxyl groups is 22. The highest BCUT2D eigenvalue weighted by atomic mass is 16.8. The van der Waals surface area contributed by atoms with Gasteiger partial charge in [0, 0.05) is 0 Å². The molecule has 5 fully saturated rings. The van der Waals surface area contributed by atoms with Crippen molar-refractivity contribution in [3.8, 4) is 0 Å². The predicted octanol–water partition coefficient (Wildman–Crippen LogP) is -16.1. The quantitative estimate of drug-likeness (QED) is 0.0906. The van der Waals surface area contributed by atoms with Gasteiger partial charge in [0.05, 0.1) is 26.4 Å². The minimum atomic E-state index is -4.80. The maximum atomic E-state index is 14.9. The van der Waals surface area contributed by atoms with Gasteiger partial charge >= 0.3 is 11.9 Å². The van der Waals surface area contributed by atoms with E-state index in [0.29, 0.717) is 0 Å². The Labute approximate surface area is 333 Å². The van der Waals surface area contributed by atoms with Gasteiger partial charge in [0.25, 0.3) is 22.8 Å². The average molecular weight is 889 g/mol. The Kier molecular flexibility index (Phi) is 13.4. The lowest BCUT2D eigenvalue weighted by Gasteiger charge is -2.62. The molecule has 24 atom stereocenters. The van der Waals surface area contributed by atoms with Crippen molar-refractivity contribution < 1.29 is 150 Å². The molecule has 348 valence electrons. The Balaban J connectivity index is 1.83. The molecule has 0 radical (unpaired) electrons. The molecule has 0 aromatic rings. The van der Waals surface area contributed by atoms with Gasteiger partial charge in [-0.25, -0.2) is 9.59 Å². The van der Waals surface area contributed by atoms with Crippen LogP contribution in [0.1, 0.15) is 0 Å². The fourth-order valence-electron chi connectivity index (χ4n) is 8.01. The van der Waals surface area contributed by atoms with Crippen LogP contribution in [0.2, 0.25) is 0 Å². The second-order valence-corrected chi connectivity index (χ2v) is 15.0. The smallest absolute Gasteiger partial charge is 0.361 e. The Morgan fingerprint density at radius 1 is 0.400 bits per heavy atom. The lowest BCUT2D eigenvalue weighted by atomic mass is 9.69. The van der Waals surface area contributed by atoms with E-state index in [0.717, 1.165) is 0 Å². The highest BCUT2D eigenvalue weighted by Crippen LogP contribution is 2.54. The Hall–Kier alpha value is -2.10. The van der Waals surface area contributed by atoms with Crippen LogP contribution in [0, 0.1) is 0 Å². The molecule has 0 bridgehead atoms. The van der Waals surface area contributed by atoms with Gasteiger partial charge in [-0.15, -0.1) is 0 Å². The van der Waals surface area contributed by atoms with Gasteiger partial charge in [0.15, 0.2) is 12.2 Å². The van der Waals surface area contributed by atoms with Crippen LogP contribution in [0.15, 0.2) is 0 Å². The van der Waals surface area contributed by atoms with E-state index in [2.05, 4.69) is 0 Å². The summed E-state index contributed by atoms with van der Waals surface area (Å²) >= 11 is 0. The molecule has 0 amide bonds. The van der Waals surface area contributed by atoms with E-state index in [-0.39, 0.29) is 0 Å². The molecule has 0 aromatic carbocycles. The summed E-state index contributed by atoms with van der Waals surface area (Å²) in [6, 6.07) is 0. The minimum Gasteiger partial charge on any atom is -0.435 e. The zero-order valence-electron chi connectivity index (χ0n) is 30.3. The molecule has 5 aliphatic heterocycles. The summed E-state index contributed by atoms with van der Waals surface area (Å²) < 4.78 is 30.2. The van der Waals surface area contributed by atoms with Gasteiger partial charge in [0.1, 0.15) is 97.7 Å². The molecule has 5 heterocycles. The first-order valence-corrected chi connectivity index (χ1v) is 17.7. The van der Waals surface area contributed by atoms with Crippen molar-refractivity contribution >= 4 is 11.9 Å². The number of ether oxygens (including phenoxy) is 6. The molecule has 0 aliphatic carbocycles. The number of hydrogen-bond acceptors (Lipinski definition) is 30. The van der Waals surface area contributed by atoms with Crippen molar-refractivity contribution in [2.45, 2.75) is 144 Å². The molecule has 0 saturated carbocycles. The summed E-state index contributed by atoms with van der Waals surface area (Å²) in [6.07, 6.45) is -51.8. The number of cyclic esters (lactones) is 2. The highest BCUT2D eigenvalue weighted by molar-refractivity contribution is 5.96. The van der Waals surface area contributed by atoms with E-state index >= 15 is 0 Å². The zero-order valence-corrected chi connectivity index (χ0v) is 30.3. The lowest BCUT2D eigenvalue weighted by Crippen LogP contribution is -2.90. The second-order valence-electron chi connectivity index (χ2n) is 15.0. The van der Waals surface area contributed by atoms with E-state index in [1.165, 1.54) is 0 Å². The van der Waals surface area contributed by atoms with E-state index in [4.69, 9.17) is 28.4 Å². The lowest BCUT2D eigenvalue weighted by molar-refractivity contribution is -0.467. The van der Waals surface area contributed by atoms with Crippen molar-refractivity contribution in [3.63, 3.8) is 0 Å². The Morgan fingerprint density at radius 3 is 0.883 bits per heavy atom. The van der Waals surface area contributed by atoms with Crippen LogP contribution in [0.5, 0.6) is 0 Å². The van der Waals surface area contributed by atoms with Crippen LogP contribution in [-0.4, -0.2) is 295 Å². The first-order valence-electron chi connectivity index (χ1n) is 17.7. The van der Waals surface area contributed by atoms with Crippen molar-refractivity contribution in [2.75, 3.05) is 26.4 Å². The number of rotatable bonds is 10. The number of hydrogen-bond donors (Lipinski definition) is 22. The van der Waals surface area contributed by atoms with Crippen LogP contribution >= 0.6 is 0 Å². The molecule has 5 rings (SSSR count). The number of aliphatic hydroxyl groups excluding tert-OH is 18. The Morgan fingerprint density at radius 2 is 0.633 bits per heavy atom. The standard InChI is InChI=1S/C30H48O30/c31-1-5-9(35)13(39)17(43)27(51,55-5)21(47)25(29(53)19(45)15(41)11(37)7(3-33)57-29)23(49)60-26(24(50)59-25,30(54)20(46)16(42)12(38)8(4-34)58-30)22(48)28(52)18(44)14(40)10(36)6(2-32)56-28/h5-22,31-48,51-54H,1-4H2/t5-,6-,7-,8-,9+,10+,11+,12+,13+,14+,15+,16+,17-,18-,19-,20-,21?,22?,25?,26?,27+,28+,29+,30+/m1/s1. The highest BCUT2D eigenvalue weighted by Gasteiger charge is 2.87. The van der Waals surface area contributed by atoms with E-state index in [1.807, 2.05) is 0 Å². The van der Waals surface area contributed by atoms with Gasteiger partial charge < -0.3 is 141 Å². The van der Waals surface area contributed by atoms with Gasteiger partial charge in [-0.2, -0.15) is 0 Å². The topological polar surface area (TPSA) is 535 Å². The fraction of sp³-hybridized carbons (Fsp3) is 0.933. The third-order valence-electron chi connectivity index (χ3n) is 11.7. The van der Waals surface area contributed by atoms with Crippen LogP contribution in [0.3, 0.4) is 0 Å². The first-order chi connectivity index (χ1) is 27.7. The average Bonchev–Trinajstić information content (AvgIpc) is 3.22. The normalized spacial score (nSPS) is 55.1. The number of esters is 2. The maximum Gasteiger partial charge on any atom is 0.361 e. The Bertz CT molecular complexity index is 1460. The largest absolute Gasteiger partial charge is 0.435 e. The van der Waals surface area contributed by atoms with Gasteiger partial charge in [-0.3, -0.25) is 0 Å². The molecule has 4 unspecified atom stereocenters. The maximum absolute atomic E-state index is 14.9. The van der Waals surface area contributed by atoms with Crippen LogP contribution in [-0.2, 0) is 38.0 Å². The number of carbonyl (C=O) groups excluding carboxylic acids is 2. The summed E-state index contributed by atoms with van der Waals surface area (Å²) in [5, 5.41) is 239. The van der Waals surface area contributed by atoms with Crippen LogP contribution < -0.4 is 0 Å². The minimum absolute atomic E-state index is 1.44. The van der Waals surface area contributed by atoms with Crippen molar-refractivity contribution in [2.24, 2.45) is 0 Å². The zero-order chi connectivity index (χ0) is 45.6. The van der Waals surface area contributed by atoms with Crippen molar-refractivity contribution in [3.05, 3.63) is 0 Å². The molecule has 30 heteroatoms. The molecule has 30 nitrogen and oxygen atoms in total. The molecular weight excluding hydrogens is 840 g/mol. The summed E-state index contributed by atoms with van der Waals surface area (Å²) in [4.78, 5) is 29.8. The van der Waals surface area contributed by atoms with Gasteiger partial charge in [-0.05, 0) is 0 Å². The predicted molar refractivity (Wildman–Crippen MR) is 169 cm³/mol. The molecular formula is C30H48O30. The molecule has 60 heavy (non-hydrogen) atoms. The molecule has 5 saturated heterocycles.